The van der Waals surface area contributed by atoms with E-state index >= 15 is 0 Å². The molecular weight excluding hydrogens is 232 g/mol. The minimum atomic E-state index is -0.00813. The molecule has 0 radical (unpaired) electrons. The molecular formula is C14H20O4. The zero-order valence-corrected chi connectivity index (χ0v) is 11.3. The van der Waals surface area contributed by atoms with Gasteiger partial charge in [-0.15, -0.1) is 0 Å². The highest BCUT2D eigenvalue weighted by Gasteiger charge is 2.13. The lowest BCUT2D eigenvalue weighted by molar-refractivity contribution is 0.184. The molecule has 1 aromatic carbocycles. The second-order valence-corrected chi connectivity index (χ2v) is 3.88. The van der Waals surface area contributed by atoms with Crippen molar-refractivity contribution in [3.8, 4) is 11.5 Å². The molecule has 0 spiro atoms. The molecule has 0 saturated carbocycles. The summed E-state index contributed by atoms with van der Waals surface area (Å²) in [7, 11) is 4.85. The molecule has 0 amide bonds. The van der Waals surface area contributed by atoms with Crippen molar-refractivity contribution in [2.45, 2.75) is 13.5 Å². The van der Waals surface area contributed by atoms with Crippen LogP contribution in [0, 0.1) is 0 Å². The molecule has 100 valence electrons. The van der Waals surface area contributed by atoms with Crippen molar-refractivity contribution >= 4 is 5.57 Å². The highest BCUT2D eigenvalue weighted by molar-refractivity contribution is 5.72. The average Bonchev–Trinajstić information content (AvgIpc) is 2.38. The van der Waals surface area contributed by atoms with Crippen LogP contribution in [0.25, 0.3) is 5.57 Å². The Labute approximate surface area is 108 Å². The Hall–Kier alpha value is -1.52. The van der Waals surface area contributed by atoms with Gasteiger partial charge in [0.1, 0.15) is 0 Å². The fraction of sp³-hybridized carbons (Fsp3) is 0.429. The SMILES string of the molecule is COCc1cc(OC)c(OC)c(/C(C)=C/CO)c1. The van der Waals surface area contributed by atoms with Gasteiger partial charge >= 0.3 is 0 Å². The Bertz CT molecular complexity index is 424. The zero-order valence-electron chi connectivity index (χ0n) is 11.3. The van der Waals surface area contributed by atoms with E-state index in [2.05, 4.69) is 0 Å². The van der Waals surface area contributed by atoms with Gasteiger partial charge < -0.3 is 19.3 Å². The summed E-state index contributed by atoms with van der Waals surface area (Å²) >= 11 is 0. The third-order valence-electron chi connectivity index (χ3n) is 2.67. The van der Waals surface area contributed by atoms with Crippen LogP contribution in [0.4, 0.5) is 0 Å². The largest absolute Gasteiger partial charge is 0.493 e. The van der Waals surface area contributed by atoms with Crippen molar-refractivity contribution in [3.05, 3.63) is 29.3 Å². The summed E-state index contributed by atoms with van der Waals surface area (Å²) in [6.07, 6.45) is 1.73. The van der Waals surface area contributed by atoms with E-state index in [-0.39, 0.29) is 6.61 Å². The van der Waals surface area contributed by atoms with Gasteiger partial charge in [-0.3, -0.25) is 0 Å². The topological polar surface area (TPSA) is 47.9 Å². The van der Waals surface area contributed by atoms with Gasteiger partial charge in [0.2, 0.25) is 0 Å². The van der Waals surface area contributed by atoms with Gasteiger partial charge in [0.15, 0.2) is 11.5 Å². The Kier molecular flexibility index (Phi) is 5.68. The molecule has 0 aliphatic rings. The summed E-state index contributed by atoms with van der Waals surface area (Å²) in [4.78, 5) is 0. The number of rotatable bonds is 6. The molecule has 0 atom stereocenters. The molecule has 0 heterocycles. The molecule has 1 N–H and O–H groups in total. The second-order valence-electron chi connectivity index (χ2n) is 3.88. The summed E-state index contributed by atoms with van der Waals surface area (Å²) in [6.45, 7) is 2.41. The van der Waals surface area contributed by atoms with E-state index in [0.717, 1.165) is 16.7 Å². The minimum Gasteiger partial charge on any atom is -0.493 e. The monoisotopic (exact) mass is 252 g/mol. The fourth-order valence-corrected chi connectivity index (χ4v) is 1.81. The van der Waals surface area contributed by atoms with Crippen LogP contribution in [-0.2, 0) is 11.3 Å². The van der Waals surface area contributed by atoms with Gasteiger partial charge in [0.05, 0.1) is 27.4 Å². The molecule has 1 rings (SSSR count). The first kappa shape index (κ1) is 14.5. The third kappa shape index (κ3) is 3.24. The molecule has 1 aromatic rings. The molecule has 18 heavy (non-hydrogen) atoms. The lowest BCUT2D eigenvalue weighted by Crippen LogP contribution is -1.99. The van der Waals surface area contributed by atoms with Gasteiger partial charge in [0.25, 0.3) is 0 Å². The molecule has 4 heteroatoms. The maximum Gasteiger partial charge on any atom is 0.168 e. The van der Waals surface area contributed by atoms with Crippen LogP contribution >= 0.6 is 0 Å². The predicted molar refractivity (Wildman–Crippen MR) is 71.0 cm³/mol. The smallest absolute Gasteiger partial charge is 0.168 e. The maximum atomic E-state index is 8.99. The van der Waals surface area contributed by atoms with E-state index in [1.165, 1.54) is 0 Å². The number of hydrogen-bond donors (Lipinski definition) is 1. The first-order valence-electron chi connectivity index (χ1n) is 5.69. The Morgan fingerprint density at radius 2 is 1.94 bits per heavy atom. The van der Waals surface area contributed by atoms with Crippen LogP contribution in [0.15, 0.2) is 18.2 Å². The molecule has 0 aliphatic carbocycles. The third-order valence-corrected chi connectivity index (χ3v) is 2.67. The van der Waals surface area contributed by atoms with Crippen LogP contribution in [0.2, 0.25) is 0 Å². The van der Waals surface area contributed by atoms with E-state index in [0.29, 0.717) is 18.1 Å². The number of aliphatic hydroxyl groups excluding tert-OH is 1. The molecule has 0 bridgehead atoms. The summed E-state index contributed by atoms with van der Waals surface area (Å²) in [6, 6.07) is 3.87. The van der Waals surface area contributed by atoms with Crippen molar-refractivity contribution in [2.24, 2.45) is 0 Å². The van der Waals surface area contributed by atoms with Gasteiger partial charge in [-0.2, -0.15) is 0 Å². The highest BCUT2D eigenvalue weighted by atomic mass is 16.5. The molecule has 0 aromatic heterocycles. The predicted octanol–water partition coefficient (Wildman–Crippen LogP) is 2.25. The van der Waals surface area contributed by atoms with Crippen molar-refractivity contribution < 1.29 is 19.3 Å². The molecule has 0 aliphatic heterocycles. The van der Waals surface area contributed by atoms with Crippen LogP contribution in [-0.4, -0.2) is 33.0 Å². The van der Waals surface area contributed by atoms with Gasteiger partial charge in [-0.05, 0) is 30.2 Å². The highest BCUT2D eigenvalue weighted by Crippen LogP contribution is 2.36. The van der Waals surface area contributed by atoms with Crippen LogP contribution in [0.1, 0.15) is 18.1 Å². The number of aliphatic hydroxyl groups is 1. The molecule has 4 nitrogen and oxygen atoms in total. The quantitative estimate of drug-likeness (QED) is 0.843. The Balaban J connectivity index is 3.35. The summed E-state index contributed by atoms with van der Waals surface area (Å²) in [5, 5.41) is 8.99. The number of methoxy groups -OCH3 is 3. The standard InChI is InChI=1S/C14H20O4/c1-10(5-6-15)12-7-11(9-16-2)8-13(17-3)14(12)18-4/h5,7-8,15H,6,9H2,1-4H3/b10-5+. The van der Waals surface area contributed by atoms with Gasteiger partial charge in [0, 0.05) is 12.7 Å². The van der Waals surface area contributed by atoms with Crippen molar-refractivity contribution in [3.63, 3.8) is 0 Å². The lowest BCUT2D eigenvalue weighted by atomic mass is 10.0. The average molecular weight is 252 g/mol. The number of hydrogen-bond acceptors (Lipinski definition) is 4. The van der Waals surface area contributed by atoms with Crippen LogP contribution in [0.5, 0.6) is 11.5 Å². The number of allylic oxidation sites excluding steroid dienone is 1. The number of benzene rings is 1. The normalized spacial score (nSPS) is 11.5. The Morgan fingerprint density at radius 3 is 2.44 bits per heavy atom. The van der Waals surface area contributed by atoms with Crippen LogP contribution in [0.3, 0.4) is 0 Å². The molecule has 0 unspecified atom stereocenters. The molecule has 0 fully saturated rings. The fourth-order valence-electron chi connectivity index (χ4n) is 1.81. The van der Waals surface area contributed by atoms with Gasteiger partial charge in [-0.25, -0.2) is 0 Å². The Morgan fingerprint density at radius 1 is 1.22 bits per heavy atom. The first-order chi connectivity index (χ1) is 8.67. The van der Waals surface area contributed by atoms with Crippen molar-refractivity contribution in [2.75, 3.05) is 27.9 Å². The van der Waals surface area contributed by atoms with Crippen molar-refractivity contribution in [1.29, 1.82) is 0 Å². The number of ether oxygens (including phenoxy) is 3. The van der Waals surface area contributed by atoms with E-state index in [1.54, 1.807) is 27.4 Å². The summed E-state index contributed by atoms with van der Waals surface area (Å²) < 4.78 is 15.8. The lowest BCUT2D eigenvalue weighted by Gasteiger charge is -2.15. The first-order valence-corrected chi connectivity index (χ1v) is 5.69. The van der Waals surface area contributed by atoms with E-state index < -0.39 is 0 Å². The van der Waals surface area contributed by atoms with E-state index in [1.807, 2.05) is 19.1 Å². The summed E-state index contributed by atoms with van der Waals surface area (Å²) in [5.74, 6) is 1.33. The maximum absolute atomic E-state index is 8.99. The van der Waals surface area contributed by atoms with E-state index in [9.17, 15) is 0 Å². The zero-order chi connectivity index (χ0) is 13.5. The van der Waals surface area contributed by atoms with E-state index in [4.69, 9.17) is 19.3 Å². The van der Waals surface area contributed by atoms with Crippen molar-refractivity contribution in [1.82, 2.24) is 0 Å². The van der Waals surface area contributed by atoms with Gasteiger partial charge in [-0.1, -0.05) is 6.08 Å². The summed E-state index contributed by atoms with van der Waals surface area (Å²) in [5.41, 5.74) is 2.83. The minimum absolute atomic E-state index is 0.00813. The second kappa shape index (κ2) is 7.03. The van der Waals surface area contributed by atoms with Crippen LogP contribution < -0.4 is 9.47 Å². The molecule has 0 saturated heterocycles.